The molecule has 2 rings (SSSR count). The first-order chi connectivity index (χ1) is 7.25. The SMILES string of the molecule is CC1CCC(CNC(=O)c2cn[nH]n2)C1. The summed E-state index contributed by atoms with van der Waals surface area (Å²) in [6, 6.07) is 0. The molecule has 1 aliphatic carbocycles. The summed E-state index contributed by atoms with van der Waals surface area (Å²) in [6.45, 7) is 3.02. The number of amides is 1. The number of carbonyl (C=O) groups is 1. The Hall–Kier alpha value is -1.39. The number of carbonyl (C=O) groups excluding carboxylic acids is 1. The van der Waals surface area contributed by atoms with Crippen LogP contribution in [0.1, 0.15) is 36.7 Å². The van der Waals surface area contributed by atoms with Crippen molar-refractivity contribution >= 4 is 5.91 Å². The Morgan fingerprint density at radius 3 is 3.13 bits per heavy atom. The van der Waals surface area contributed by atoms with Gasteiger partial charge in [0.15, 0.2) is 5.69 Å². The van der Waals surface area contributed by atoms with Gasteiger partial charge in [0.1, 0.15) is 0 Å². The second-order valence-corrected chi connectivity index (χ2v) is 4.35. The molecular formula is C10H16N4O. The van der Waals surface area contributed by atoms with E-state index in [0.717, 1.165) is 12.5 Å². The third kappa shape index (κ3) is 2.55. The fourth-order valence-electron chi connectivity index (χ4n) is 2.15. The van der Waals surface area contributed by atoms with Crippen molar-refractivity contribution in [3.05, 3.63) is 11.9 Å². The van der Waals surface area contributed by atoms with Crippen LogP contribution < -0.4 is 5.32 Å². The number of hydrogen-bond donors (Lipinski definition) is 2. The molecule has 5 heteroatoms. The van der Waals surface area contributed by atoms with E-state index < -0.39 is 0 Å². The monoisotopic (exact) mass is 208 g/mol. The van der Waals surface area contributed by atoms with E-state index in [1.54, 1.807) is 0 Å². The van der Waals surface area contributed by atoms with Crippen LogP contribution in [0.4, 0.5) is 0 Å². The van der Waals surface area contributed by atoms with Crippen LogP contribution in [0.15, 0.2) is 6.20 Å². The number of aromatic nitrogens is 3. The molecule has 2 N–H and O–H groups in total. The molecule has 0 saturated heterocycles. The van der Waals surface area contributed by atoms with Crippen molar-refractivity contribution < 1.29 is 4.79 Å². The Bertz CT molecular complexity index is 322. The van der Waals surface area contributed by atoms with Crippen molar-refractivity contribution in [1.29, 1.82) is 0 Å². The molecule has 0 bridgehead atoms. The normalized spacial score (nSPS) is 25.4. The minimum absolute atomic E-state index is 0.136. The fraction of sp³-hybridized carbons (Fsp3) is 0.700. The summed E-state index contributed by atoms with van der Waals surface area (Å²) in [4.78, 5) is 11.5. The van der Waals surface area contributed by atoms with Crippen molar-refractivity contribution in [3.8, 4) is 0 Å². The van der Waals surface area contributed by atoms with Gasteiger partial charge in [-0.2, -0.15) is 15.4 Å². The quantitative estimate of drug-likeness (QED) is 0.777. The highest BCUT2D eigenvalue weighted by Gasteiger charge is 2.21. The van der Waals surface area contributed by atoms with Crippen molar-refractivity contribution in [2.45, 2.75) is 26.2 Å². The number of nitrogens with zero attached hydrogens (tertiary/aromatic N) is 2. The molecule has 82 valence electrons. The van der Waals surface area contributed by atoms with Gasteiger partial charge in [-0.1, -0.05) is 13.3 Å². The number of nitrogens with one attached hydrogen (secondary N) is 2. The molecule has 1 amide bonds. The molecule has 5 nitrogen and oxygen atoms in total. The molecule has 0 aromatic carbocycles. The van der Waals surface area contributed by atoms with Gasteiger partial charge in [-0.05, 0) is 24.7 Å². The summed E-state index contributed by atoms with van der Waals surface area (Å²) >= 11 is 0. The van der Waals surface area contributed by atoms with Crippen LogP contribution in [0.25, 0.3) is 0 Å². The van der Waals surface area contributed by atoms with Crippen molar-refractivity contribution in [2.24, 2.45) is 11.8 Å². The number of H-pyrrole nitrogens is 1. The van der Waals surface area contributed by atoms with Crippen LogP contribution in [0.5, 0.6) is 0 Å². The first-order valence-electron chi connectivity index (χ1n) is 5.39. The molecule has 1 aliphatic rings. The van der Waals surface area contributed by atoms with Crippen LogP contribution in [-0.2, 0) is 0 Å². The zero-order valence-electron chi connectivity index (χ0n) is 8.86. The van der Waals surface area contributed by atoms with Gasteiger partial charge in [0.05, 0.1) is 6.20 Å². The molecule has 2 unspecified atom stereocenters. The van der Waals surface area contributed by atoms with E-state index >= 15 is 0 Å². The third-order valence-corrected chi connectivity index (χ3v) is 3.00. The lowest BCUT2D eigenvalue weighted by atomic mass is 10.1. The molecule has 15 heavy (non-hydrogen) atoms. The minimum Gasteiger partial charge on any atom is -0.350 e. The summed E-state index contributed by atoms with van der Waals surface area (Å²) in [5, 5.41) is 12.6. The lowest BCUT2D eigenvalue weighted by molar-refractivity contribution is 0.0942. The molecule has 1 heterocycles. The standard InChI is InChI=1S/C10H16N4O/c1-7-2-3-8(4-7)5-11-10(15)9-6-12-14-13-9/h6-8H,2-5H2,1H3,(H,11,15)(H,12,13,14). The first-order valence-corrected chi connectivity index (χ1v) is 5.39. The van der Waals surface area contributed by atoms with Crippen LogP contribution in [0.2, 0.25) is 0 Å². The minimum atomic E-state index is -0.136. The van der Waals surface area contributed by atoms with E-state index in [4.69, 9.17) is 0 Å². The molecule has 1 aromatic rings. The lowest BCUT2D eigenvalue weighted by Crippen LogP contribution is -2.28. The highest BCUT2D eigenvalue weighted by atomic mass is 16.1. The Morgan fingerprint density at radius 1 is 1.67 bits per heavy atom. The fourth-order valence-corrected chi connectivity index (χ4v) is 2.15. The smallest absolute Gasteiger partial charge is 0.273 e. The van der Waals surface area contributed by atoms with Crippen LogP contribution in [-0.4, -0.2) is 27.9 Å². The van der Waals surface area contributed by atoms with Gasteiger partial charge < -0.3 is 5.32 Å². The third-order valence-electron chi connectivity index (χ3n) is 3.00. The Morgan fingerprint density at radius 2 is 2.53 bits per heavy atom. The highest BCUT2D eigenvalue weighted by Crippen LogP contribution is 2.29. The maximum atomic E-state index is 11.5. The van der Waals surface area contributed by atoms with E-state index in [1.807, 2.05) is 0 Å². The summed E-state index contributed by atoms with van der Waals surface area (Å²) in [5.74, 6) is 1.30. The molecular weight excluding hydrogens is 192 g/mol. The maximum Gasteiger partial charge on any atom is 0.273 e. The summed E-state index contributed by atoms with van der Waals surface area (Å²) in [7, 11) is 0. The van der Waals surface area contributed by atoms with Gasteiger partial charge in [-0.3, -0.25) is 4.79 Å². The van der Waals surface area contributed by atoms with Gasteiger partial charge in [0, 0.05) is 6.54 Å². The second kappa shape index (κ2) is 4.42. The number of aromatic amines is 1. The summed E-state index contributed by atoms with van der Waals surface area (Å²) in [6.07, 6.45) is 5.16. The number of hydrogen-bond acceptors (Lipinski definition) is 3. The van der Waals surface area contributed by atoms with Gasteiger partial charge in [0.2, 0.25) is 0 Å². The zero-order chi connectivity index (χ0) is 10.7. The number of rotatable bonds is 3. The van der Waals surface area contributed by atoms with E-state index in [0.29, 0.717) is 11.6 Å². The first kappa shape index (κ1) is 10.1. The predicted octanol–water partition coefficient (Wildman–Crippen LogP) is 0.971. The van der Waals surface area contributed by atoms with Crippen LogP contribution >= 0.6 is 0 Å². The van der Waals surface area contributed by atoms with Crippen molar-refractivity contribution in [2.75, 3.05) is 6.54 Å². The van der Waals surface area contributed by atoms with E-state index in [2.05, 4.69) is 27.7 Å². The average Bonchev–Trinajstić information content (AvgIpc) is 2.84. The van der Waals surface area contributed by atoms with Crippen LogP contribution in [0.3, 0.4) is 0 Å². The van der Waals surface area contributed by atoms with Crippen molar-refractivity contribution in [1.82, 2.24) is 20.7 Å². The van der Waals surface area contributed by atoms with Gasteiger partial charge in [-0.25, -0.2) is 0 Å². The molecule has 1 aromatic heterocycles. The second-order valence-electron chi connectivity index (χ2n) is 4.35. The highest BCUT2D eigenvalue weighted by molar-refractivity contribution is 5.91. The predicted molar refractivity (Wildman–Crippen MR) is 55.2 cm³/mol. The summed E-state index contributed by atoms with van der Waals surface area (Å²) in [5.41, 5.74) is 0.362. The Labute approximate surface area is 88.6 Å². The van der Waals surface area contributed by atoms with E-state index in [-0.39, 0.29) is 5.91 Å². The maximum absolute atomic E-state index is 11.5. The zero-order valence-corrected chi connectivity index (χ0v) is 8.86. The topological polar surface area (TPSA) is 70.7 Å². The molecule has 0 aliphatic heterocycles. The van der Waals surface area contributed by atoms with Crippen molar-refractivity contribution in [3.63, 3.8) is 0 Å². The molecule has 0 radical (unpaired) electrons. The lowest BCUT2D eigenvalue weighted by Gasteiger charge is -2.09. The molecule has 0 spiro atoms. The molecule has 1 saturated carbocycles. The largest absolute Gasteiger partial charge is 0.350 e. The van der Waals surface area contributed by atoms with E-state index in [9.17, 15) is 4.79 Å². The average molecular weight is 208 g/mol. The Kier molecular flexibility index (Phi) is 2.99. The van der Waals surface area contributed by atoms with Crippen LogP contribution in [0, 0.1) is 11.8 Å². The Balaban J connectivity index is 1.76. The van der Waals surface area contributed by atoms with E-state index in [1.165, 1.54) is 25.5 Å². The van der Waals surface area contributed by atoms with Gasteiger partial charge in [-0.15, -0.1) is 0 Å². The van der Waals surface area contributed by atoms with Gasteiger partial charge >= 0.3 is 0 Å². The summed E-state index contributed by atoms with van der Waals surface area (Å²) < 4.78 is 0. The van der Waals surface area contributed by atoms with Gasteiger partial charge in [0.25, 0.3) is 5.91 Å². The molecule has 1 fully saturated rings. The molecule has 2 atom stereocenters.